The van der Waals surface area contributed by atoms with Crippen molar-refractivity contribution < 1.29 is 8.42 Å². The summed E-state index contributed by atoms with van der Waals surface area (Å²) in [5.74, 6) is 0.391. The van der Waals surface area contributed by atoms with Gasteiger partial charge in [0.15, 0.2) is 0 Å². The van der Waals surface area contributed by atoms with Crippen LogP contribution in [0.3, 0.4) is 0 Å². The van der Waals surface area contributed by atoms with Crippen LogP contribution in [0.2, 0.25) is 0 Å². The Labute approximate surface area is 110 Å². The Morgan fingerprint density at radius 2 is 1.67 bits per heavy atom. The largest absolute Gasteiger partial charge is 0.329 e. The van der Waals surface area contributed by atoms with Gasteiger partial charge in [-0.3, -0.25) is 0 Å². The lowest BCUT2D eigenvalue weighted by atomic mass is 10.0. The Kier molecular flexibility index (Phi) is 4.90. The molecule has 0 saturated carbocycles. The van der Waals surface area contributed by atoms with Gasteiger partial charge in [0.05, 0.1) is 4.90 Å². The molecular weight excluding hydrogens is 248 g/mol. The van der Waals surface area contributed by atoms with Gasteiger partial charge < -0.3 is 5.73 Å². The molecule has 0 fully saturated rings. The van der Waals surface area contributed by atoms with Gasteiger partial charge in [0.25, 0.3) is 0 Å². The van der Waals surface area contributed by atoms with E-state index in [9.17, 15) is 8.42 Å². The second-order valence-corrected chi connectivity index (χ2v) is 6.83. The van der Waals surface area contributed by atoms with E-state index in [4.69, 9.17) is 5.73 Å². The Balaban J connectivity index is 3.06. The van der Waals surface area contributed by atoms with E-state index in [0.717, 1.165) is 5.56 Å². The SMILES string of the molecule is CC(C)c1ccc(S(=O)(=O)N(C)C(C)CN)cc1. The molecule has 1 aromatic carbocycles. The summed E-state index contributed by atoms with van der Waals surface area (Å²) >= 11 is 0. The minimum Gasteiger partial charge on any atom is -0.329 e. The Morgan fingerprint density at radius 1 is 1.17 bits per heavy atom. The maximum atomic E-state index is 12.3. The third-order valence-corrected chi connectivity index (χ3v) is 5.17. The van der Waals surface area contributed by atoms with Gasteiger partial charge in [-0.15, -0.1) is 0 Å². The lowest BCUT2D eigenvalue weighted by Crippen LogP contribution is -2.39. The van der Waals surface area contributed by atoms with E-state index in [0.29, 0.717) is 17.4 Å². The Hall–Kier alpha value is -0.910. The van der Waals surface area contributed by atoms with Crippen molar-refractivity contribution in [3.05, 3.63) is 29.8 Å². The van der Waals surface area contributed by atoms with Crippen LogP contribution in [0.5, 0.6) is 0 Å². The number of rotatable bonds is 5. The van der Waals surface area contributed by atoms with Gasteiger partial charge >= 0.3 is 0 Å². The normalized spacial score (nSPS) is 14.2. The van der Waals surface area contributed by atoms with Crippen molar-refractivity contribution in [2.45, 2.75) is 37.6 Å². The Bertz CT molecular complexity index is 480. The lowest BCUT2D eigenvalue weighted by Gasteiger charge is -2.23. The molecule has 0 aromatic heterocycles. The highest BCUT2D eigenvalue weighted by atomic mass is 32.2. The molecule has 0 aliphatic heterocycles. The molecule has 2 N–H and O–H groups in total. The van der Waals surface area contributed by atoms with Crippen molar-refractivity contribution in [1.82, 2.24) is 4.31 Å². The zero-order chi connectivity index (χ0) is 13.9. The number of benzene rings is 1. The number of nitrogens with zero attached hydrogens (tertiary/aromatic N) is 1. The summed E-state index contributed by atoms with van der Waals surface area (Å²) in [5.41, 5.74) is 6.63. The minimum absolute atomic E-state index is 0.209. The molecule has 1 aromatic rings. The predicted octanol–water partition coefficient (Wildman–Crippen LogP) is 1.78. The van der Waals surface area contributed by atoms with Crippen LogP contribution >= 0.6 is 0 Å². The van der Waals surface area contributed by atoms with Gasteiger partial charge in [0.1, 0.15) is 0 Å². The first kappa shape index (κ1) is 15.1. The van der Waals surface area contributed by atoms with Gasteiger partial charge in [-0.25, -0.2) is 8.42 Å². The molecule has 1 rings (SSSR count). The molecule has 0 radical (unpaired) electrons. The zero-order valence-electron chi connectivity index (χ0n) is 11.4. The number of likely N-dealkylation sites (N-methyl/N-ethyl adjacent to an activating group) is 1. The summed E-state index contributed by atoms with van der Waals surface area (Å²) in [6.07, 6.45) is 0. The summed E-state index contributed by atoms with van der Waals surface area (Å²) in [6.45, 7) is 6.25. The first-order valence-corrected chi connectivity index (χ1v) is 7.52. The summed E-state index contributed by atoms with van der Waals surface area (Å²) < 4.78 is 25.9. The average molecular weight is 270 g/mol. The first-order valence-electron chi connectivity index (χ1n) is 6.08. The van der Waals surface area contributed by atoms with Gasteiger partial charge in [-0.1, -0.05) is 26.0 Å². The van der Waals surface area contributed by atoms with E-state index in [-0.39, 0.29) is 6.04 Å². The highest BCUT2D eigenvalue weighted by Crippen LogP contribution is 2.20. The Morgan fingerprint density at radius 3 is 2.06 bits per heavy atom. The van der Waals surface area contributed by atoms with Crippen LogP contribution in [-0.2, 0) is 10.0 Å². The van der Waals surface area contributed by atoms with Crippen LogP contribution in [0.4, 0.5) is 0 Å². The van der Waals surface area contributed by atoms with Crippen LogP contribution in [0.1, 0.15) is 32.3 Å². The van der Waals surface area contributed by atoms with Crippen molar-refractivity contribution >= 4 is 10.0 Å². The number of nitrogens with two attached hydrogens (primary N) is 1. The van der Waals surface area contributed by atoms with Crippen LogP contribution < -0.4 is 5.73 Å². The van der Waals surface area contributed by atoms with E-state index in [2.05, 4.69) is 13.8 Å². The topological polar surface area (TPSA) is 63.4 Å². The van der Waals surface area contributed by atoms with Crippen LogP contribution in [0.25, 0.3) is 0 Å². The second-order valence-electron chi connectivity index (χ2n) is 4.83. The molecule has 102 valence electrons. The molecule has 0 saturated heterocycles. The fraction of sp³-hybridized carbons (Fsp3) is 0.538. The molecule has 1 atom stereocenters. The molecule has 0 amide bonds. The fourth-order valence-electron chi connectivity index (χ4n) is 1.58. The molecule has 5 heteroatoms. The molecule has 1 unspecified atom stereocenters. The molecular formula is C13H22N2O2S. The highest BCUT2D eigenvalue weighted by Gasteiger charge is 2.24. The maximum absolute atomic E-state index is 12.3. The summed E-state index contributed by atoms with van der Waals surface area (Å²) in [5, 5.41) is 0. The average Bonchev–Trinajstić information content (AvgIpc) is 2.36. The van der Waals surface area contributed by atoms with Crippen molar-refractivity contribution in [2.24, 2.45) is 5.73 Å². The van der Waals surface area contributed by atoms with Gasteiger partial charge in [0.2, 0.25) is 10.0 Å². The van der Waals surface area contributed by atoms with Crippen molar-refractivity contribution in [3.8, 4) is 0 Å². The smallest absolute Gasteiger partial charge is 0.243 e. The van der Waals surface area contributed by atoms with Crippen LogP contribution in [0, 0.1) is 0 Å². The van der Waals surface area contributed by atoms with Crippen LogP contribution in [-0.4, -0.2) is 32.4 Å². The van der Waals surface area contributed by atoms with E-state index in [1.54, 1.807) is 26.1 Å². The van der Waals surface area contributed by atoms with E-state index >= 15 is 0 Å². The van der Waals surface area contributed by atoms with Gasteiger partial charge in [0, 0.05) is 19.6 Å². The number of hydrogen-bond acceptors (Lipinski definition) is 3. The molecule has 0 bridgehead atoms. The van der Waals surface area contributed by atoms with Crippen molar-refractivity contribution in [2.75, 3.05) is 13.6 Å². The molecule has 18 heavy (non-hydrogen) atoms. The van der Waals surface area contributed by atoms with Gasteiger partial charge in [-0.05, 0) is 30.5 Å². The molecule has 0 spiro atoms. The summed E-state index contributed by atoms with van der Waals surface area (Å²) in [7, 11) is -1.88. The summed E-state index contributed by atoms with van der Waals surface area (Å²) in [4.78, 5) is 0.315. The van der Waals surface area contributed by atoms with Crippen molar-refractivity contribution in [3.63, 3.8) is 0 Å². The molecule has 4 nitrogen and oxygen atoms in total. The predicted molar refractivity (Wildman–Crippen MR) is 74.0 cm³/mol. The third-order valence-electron chi connectivity index (χ3n) is 3.19. The quantitative estimate of drug-likeness (QED) is 0.887. The van der Waals surface area contributed by atoms with Gasteiger partial charge in [-0.2, -0.15) is 4.31 Å². The first-order chi connectivity index (χ1) is 8.30. The molecule has 0 heterocycles. The fourth-order valence-corrected chi connectivity index (χ4v) is 2.95. The standard InChI is InChI=1S/C13H22N2O2S/c1-10(2)12-5-7-13(8-6-12)18(16,17)15(4)11(3)9-14/h5-8,10-11H,9,14H2,1-4H3. The minimum atomic E-state index is -3.44. The highest BCUT2D eigenvalue weighted by molar-refractivity contribution is 7.89. The molecule has 0 aliphatic carbocycles. The second kappa shape index (κ2) is 5.82. The molecule has 0 aliphatic rings. The zero-order valence-corrected chi connectivity index (χ0v) is 12.2. The maximum Gasteiger partial charge on any atom is 0.243 e. The van der Waals surface area contributed by atoms with E-state index in [1.807, 2.05) is 12.1 Å². The number of sulfonamides is 1. The number of hydrogen-bond donors (Lipinski definition) is 1. The lowest BCUT2D eigenvalue weighted by molar-refractivity contribution is 0.394. The van der Waals surface area contributed by atoms with Crippen LogP contribution in [0.15, 0.2) is 29.2 Å². The monoisotopic (exact) mass is 270 g/mol. The van der Waals surface area contributed by atoms with E-state index < -0.39 is 10.0 Å². The van der Waals surface area contributed by atoms with Crippen molar-refractivity contribution in [1.29, 1.82) is 0 Å². The summed E-state index contributed by atoms with van der Waals surface area (Å²) in [6, 6.07) is 6.83. The van der Waals surface area contributed by atoms with E-state index in [1.165, 1.54) is 4.31 Å². The third kappa shape index (κ3) is 3.10.